The van der Waals surface area contributed by atoms with Crippen LogP contribution < -0.4 is 4.74 Å². The Morgan fingerprint density at radius 3 is 2.59 bits per heavy atom. The van der Waals surface area contributed by atoms with Crippen molar-refractivity contribution in [3.63, 3.8) is 0 Å². The normalized spacial score (nSPS) is 15.7. The largest absolute Gasteiger partial charge is 0.488 e. The Labute approximate surface area is 100.0 Å². The molecular weight excluding hydrogens is 220 g/mol. The van der Waals surface area contributed by atoms with E-state index < -0.39 is 4.92 Å². The fourth-order valence-corrected chi connectivity index (χ4v) is 1.55. The van der Waals surface area contributed by atoms with Gasteiger partial charge in [-0.05, 0) is 12.8 Å². The minimum atomic E-state index is -0.445. The van der Waals surface area contributed by atoms with Gasteiger partial charge in [0.05, 0.1) is 22.8 Å². The molecule has 0 radical (unpaired) electrons. The summed E-state index contributed by atoms with van der Waals surface area (Å²) in [5.41, 5.74) is 0.572. The minimum Gasteiger partial charge on any atom is -0.488 e. The van der Waals surface area contributed by atoms with Crippen LogP contribution in [0.25, 0.3) is 0 Å². The van der Waals surface area contributed by atoms with Gasteiger partial charge in [0.1, 0.15) is 11.9 Å². The van der Waals surface area contributed by atoms with E-state index in [2.05, 4.69) is 4.98 Å². The maximum absolute atomic E-state index is 10.7. The van der Waals surface area contributed by atoms with Crippen LogP contribution in [0.1, 0.15) is 39.3 Å². The van der Waals surface area contributed by atoms with Crippen LogP contribution >= 0.6 is 0 Å². The molecule has 5 heteroatoms. The first-order valence-electron chi connectivity index (χ1n) is 5.69. The van der Waals surface area contributed by atoms with E-state index in [0.29, 0.717) is 5.75 Å². The maximum Gasteiger partial charge on any atom is 0.291 e. The molecule has 5 nitrogen and oxygen atoms in total. The predicted octanol–water partition coefficient (Wildman–Crippen LogP) is 2.83. The lowest BCUT2D eigenvalue weighted by Crippen LogP contribution is -2.16. The average molecular weight is 236 g/mol. The van der Waals surface area contributed by atoms with Crippen molar-refractivity contribution >= 4 is 5.69 Å². The predicted molar refractivity (Wildman–Crippen MR) is 63.2 cm³/mol. The highest BCUT2D eigenvalue weighted by Gasteiger charge is 2.29. The van der Waals surface area contributed by atoms with Gasteiger partial charge in [-0.15, -0.1) is 0 Å². The number of nitrogens with zero attached hydrogens (tertiary/aromatic N) is 2. The molecule has 17 heavy (non-hydrogen) atoms. The van der Waals surface area contributed by atoms with Gasteiger partial charge in [0, 0.05) is 5.41 Å². The Balaban J connectivity index is 2.39. The molecule has 92 valence electrons. The van der Waals surface area contributed by atoms with Crippen molar-refractivity contribution < 1.29 is 9.66 Å². The molecule has 0 aromatic carbocycles. The fraction of sp³-hybridized carbons (Fsp3) is 0.583. The number of pyridine rings is 1. The molecule has 1 fully saturated rings. The lowest BCUT2D eigenvalue weighted by atomic mass is 9.91. The molecule has 0 atom stereocenters. The first-order chi connectivity index (χ1) is 7.88. The van der Waals surface area contributed by atoms with E-state index in [-0.39, 0.29) is 17.2 Å². The zero-order valence-corrected chi connectivity index (χ0v) is 10.3. The molecular formula is C12H16N2O3. The van der Waals surface area contributed by atoms with E-state index in [1.165, 1.54) is 12.3 Å². The zero-order valence-electron chi connectivity index (χ0n) is 10.3. The number of rotatable bonds is 3. The van der Waals surface area contributed by atoms with Crippen molar-refractivity contribution in [2.45, 2.75) is 45.1 Å². The first-order valence-corrected chi connectivity index (χ1v) is 5.69. The van der Waals surface area contributed by atoms with E-state index in [0.717, 1.165) is 18.5 Å². The molecule has 0 unspecified atom stereocenters. The summed E-state index contributed by atoms with van der Waals surface area (Å²) in [6.45, 7) is 6.04. The first kappa shape index (κ1) is 11.8. The molecule has 1 aromatic rings. The Morgan fingerprint density at radius 1 is 1.47 bits per heavy atom. The van der Waals surface area contributed by atoms with Gasteiger partial charge in [-0.2, -0.15) is 0 Å². The molecule has 0 bridgehead atoms. The number of hydrogen-bond donors (Lipinski definition) is 0. The van der Waals surface area contributed by atoms with Crippen molar-refractivity contribution in [2.75, 3.05) is 0 Å². The van der Waals surface area contributed by atoms with E-state index >= 15 is 0 Å². The zero-order chi connectivity index (χ0) is 12.6. The Bertz CT molecular complexity index is 448. The summed E-state index contributed by atoms with van der Waals surface area (Å²) >= 11 is 0. The second-order valence-electron chi connectivity index (χ2n) is 5.36. The molecule has 0 amide bonds. The van der Waals surface area contributed by atoms with Crippen LogP contribution in [0, 0.1) is 10.1 Å². The van der Waals surface area contributed by atoms with Gasteiger partial charge in [0.2, 0.25) is 0 Å². The summed E-state index contributed by atoms with van der Waals surface area (Å²) in [4.78, 5) is 14.5. The minimum absolute atomic E-state index is 0.0198. The van der Waals surface area contributed by atoms with Gasteiger partial charge in [0.15, 0.2) is 0 Å². The van der Waals surface area contributed by atoms with Crippen LogP contribution in [0.5, 0.6) is 5.75 Å². The van der Waals surface area contributed by atoms with E-state index in [9.17, 15) is 10.1 Å². The molecule has 1 aliphatic rings. The molecule has 2 rings (SSSR count). The number of hydrogen-bond acceptors (Lipinski definition) is 4. The molecule has 0 spiro atoms. The Kier molecular flexibility index (Phi) is 2.77. The number of ether oxygens (including phenoxy) is 1. The highest BCUT2D eigenvalue weighted by atomic mass is 16.6. The lowest BCUT2D eigenvalue weighted by molar-refractivity contribution is -0.385. The maximum atomic E-state index is 10.7. The summed E-state index contributed by atoms with van der Waals surface area (Å²) in [5.74, 6) is 0.550. The summed E-state index contributed by atoms with van der Waals surface area (Å²) in [7, 11) is 0. The third-order valence-corrected chi connectivity index (χ3v) is 2.58. The molecule has 1 aromatic heterocycles. The summed E-state index contributed by atoms with van der Waals surface area (Å²) in [5, 5.41) is 10.7. The fourth-order valence-electron chi connectivity index (χ4n) is 1.55. The van der Waals surface area contributed by atoms with Crippen LogP contribution in [0.4, 0.5) is 5.69 Å². The third kappa shape index (κ3) is 2.72. The second-order valence-corrected chi connectivity index (χ2v) is 5.36. The number of nitro groups is 1. The molecule has 1 saturated carbocycles. The highest BCUT2D eigenvalue weighted by molar-refractivity contribution is 5.42. The average Bonchev–Trinajstić information content (AvgIpc) is 2.99. The van der Waals surface area contributed by atoms with Crippen LogP contribution in [0.2, 0.25) is 0 Å². The highest BCUT2D eigenvalue weighted by Crippen LogP contribution is 2.35. The smallest absolute Gasteiger partial charge is 0.291 e. The SMILES string of the molecule is CC(C)(C)c1ncc([N+](=O)[O-])cc1OC1CC1. The van der Waals surface area contributed by atoms with Gasteiger partial charge >= 0.3 is 0 Å². The summed E-state index contributed by atoms with van der Waals surface area (Å²) in [6, 6.07) is 1.48. The van der Waals surface area contributed by atoms with Crippen LogP contribution in [-0.2, 0) is 5.41 Å². The Hall–Kier alpha value is -1.65. The van der Waals surface area contributed by atoms with Crippen molar-refractivity contribution in [3.05, 3.63) is 28.1 Å². The second kappa shape index (κ2) is 3.98. The lowest BCUT2D eigenvalue weighted by Gasteiger charge is -2.20. The Morgan fingerprint density at radius 2 is 2.12 bits per heavy atom. The van der Waals surface area contributed by atoms with Gasteiger partial charge in [-0.25, -0.2) is 4.98 Å². The van der Waals surface area contributed by atoms with E-state index in [1.807, 2.05) is 20.8 Å². The van der Waals surface area contributed by atoms with Gasteiger partial charge in [0.25, 0.3) is 5.69 Å². The third-order valence-electron chi connectivity index (χ3n) is 2.58. The monoisotopic (exact) mass is 236 g/mol. The van der Waals surface area contributed by atoms with Crippen molar-refractivity contribution in [2.24, 2.45) is 0 Å². The molecule has 1 heterocycles. The van der Waals surface area contributed by atoms with E-state index in [1.54, 1.807) is 0 Å². The van der Waals surface area contributed by atoms with Crippen LogP contribution in [-0.4, -0.2) is 16.0 Å². The van der Waals surface area contributed by atoms with Gasteiger partial charge in [-0.1, -0.05) is 20.8 Å². The quantitative estimate of drug-likeness (QED) is 0.598. The standard InChI is InChI=1S/C12H16N2O3/c1-12(2,3)11-10(17-9-4-5-9)6-8(7-13-11)14(15)16/h6-7,9H,4-5H2,1-3H3. The number of aromatic nitrogens is 1. The van der Waals surface area contributed by atoms with Crippen LogP contribution in [0.15, 0.2) is 12.3 Å². The van der Waals surface area contributed by atoms with Gasteiger partial charge < -0.3 is 4.74 Å². The molecule has 0 N–H and O–H groups in total. The molecule has 1 aliphatic carbocycles. The molecule has 0 aliphatic heterocycles. The van der Waals surface area contributed by atoms with E-state index in [4.69, 9.17) is 4.74 Å². The topological polar surface area (TPSA) is 65.3 Å². The summed E-state index contributed by atoms with van der Waals surface area (Å²) < 4.78 is 5.71. The van der Waals surface area contributed by atoms with Crippen molar-refractivity contribution in [1.82, 2.24) is 4.98 Å². The van der Waals surface area contributed by atoms with Crippen molar-refractivity contribution in [3.8, 4) is 5.75 Å². The summed E-state index contributed by atoms with van der Waals surface area (Å²) in [6.07, 6.45) is 3.54. The van der Waals surface area contributed by atoms with Gasteiger partial charge in [-0.3, -0.25) is 10.1 Å². The van der Waals surface area contributed by atoms with Crippen molar-refractivity contribution in [1.29, 1.82) is 0 Å². The molecule has 0 saturated heterocycles. The van der Waals surface area contributed by atoms with Crippen LogP contribution in [0.3, 0.4) is 0 Å².